The van der Waals surface area contributed by atoms with Gasteiger partial charge in [-0.25, -0.2) is 0 Å². The van der Waals surface area contributed by atoms with E-state index in [0.717, 1.165) is 12.8 Å². The Morgan fingerprint density at radius 3 is 2.19 bits per heavy atom. The Bertz CT molecular complexity index is 739. The molecule has 0 aliphatic heterocycles. The number of hydrogen-bond acceptors (Lipinski definition) is 2. The summed E-state index contributed by atoms with van der Waals surface area (Å²) < 4.78 is 0. The van der Waals surface area contributed by atoms with Crippen LogP contribution >= 0.6 is 12.4 Å². The van der Waals surface area contributed by atoms with Gasteiger partial charge in [-0.1, -0.05) is 48.5 Å². The monoisotopic (exact) mass is 300 g/mol. The fraction of sp³-hybridized carbons (Fsp3) is 0.222. The van der Waals surface area contributed by atoms with Crippen molar-refractivity contribution < 1.29 is 0 Å². The lowest BCUT2D eigenvalue weighted by Gasteiger charge is -2.16. The molecule has 0 unspecified atom stereocenters. The van der Waals surface area contributed by atoms with Gasteiger partial charge in [0.25, 0.3) is 0 Å². The van der Waals surface area contributed by atoms with Gasteiger partial charge >= 0.3 is 0 Å². The van der Waals surface area contributed by atoms with E-state index in [1.165, 1.54) is 27.1 Å². The third-order valence-electron chi connectivity index (χ3n) is 3.92. The van der Waals surface area contributed by atoms with E-state index in [9.17, 15) is 0 Å². The van der Waals surface area contributed by atoms with Gasteiger partial charge in [0.1, 0.15) is 0 Å². The van der Waals surface area contributed by atoms with Gasteiger partial charge in [-0.05, 0) is 52.6 Å². The molecule has 0 aliphatic rings. The first-order valence-corrected chi connectivity index (χ1v) is 7.17. The number of nitrogens with two attached hydrogens (primary N) is 2. The Kier molecular flexibility index (Phi) is 5.18. The van der Waals surface area contributed by atoms with Crippen LogP contribution in [0.3, 0.4) is 0 Å². The Morgan fingerprint density at radius 2 is 1.48 bits per heavy atom. The molecule has 1 atom stereocenters. The molecule has 0 radical (unpaired) electrons. The highest BCUT2D eigenvalue weighted by atomic mass is 35.5. The van der Waals surface area contributed by atoms with Gasteiger partial charge in [0.05, 0.1) is 0 Å². The summed E-state index contributed by atoms with van der Waals surface area (Å²) in [6, 6.07) is 19.3. The average molecular weight is 301 g/mol. The first-order valence-electron chi connectivity index (χ1n) is 7.17. The molecular formula is C18H21ClN2. The normalized spacial score (nSPS) is 12.3. The van der Waals surface area contributed by atoms with E-state index >= 15 is 0 Å². The molecule has 110 valence electrons. The minimum atomic E-state index is 0. The number of hydrogen-bond donors (Lipinski definition) is 2. The second-order valence-electron chi connectivity index (χ2n) is 5.27. The van der Waals surface area contributed by atoms with E-state index in [-0.39, 0.29) is 18.4 Å². The van der Waals surface area contributed by atoms with Gasteiger partial charge in [-0.15, -0.1) is 12.4 Å². The summed E-state index contributed by atoms with van der Waals surface area (Å²) in [5.41, 5.74) is 13.2. The summed E-state index contributed by atoms with van der Waals surface area (Å²) in [5, 5.41) is 5.08. The van der Waals surface area contributed by atoms with Crippen molar-refractivity contribution in [1.29, 1.82) is 0 Å². The molecule has 2 nitrogen and oxygen atoms in total. The first kappa shape index (κ1) is 15.8. The van der Waals surface area contributed by atoms with Gasteiger partial charge in [0, 0.05) is 6.04 Å². The van der Waals surface area contributed by atoms with Gasteiger partial charge in [0.2, 0.25) is 0 Å². The van der Waals surface area contributed by atoms with E-state index in [0.29, 0.717) is 6.54 Å². The molecule has 3 aromatic rings. The summed E-state index contributed by atoms with van der Waals surface area (Å²) in [6.45, 7) is 0.694. The van der Waals surface area contributed by atoms with E-state index in [2.05, 4.69) is 54.6 Å². The average Bonchev–Trinajstić information content (AvgIpc) is 2.52. The second-order valence-corrected chi connectivity index (χ2v) is 5.27. The summed E-state index contributed by atoms with van der Waals surface area (Å²) >= 11 is 0. The summed E-state index contributed by atoms with van der Waals surface area (Å²) in [4.78, 5) is 0. The Morgan fingerprint density at radius 1 is 0.857 bits per heavy atom. The number of benzene rings is 3. The van der Waals surface area contributed by atoms with Crippen molar-refractivity contribution in [3.05, 3.63) is 60.2 Å². The number of fused-ring (bicyclic) bond motifs is 3. The molecule has 0 aromatic heterocycles. The maximum atomic E-state index is 6.38. The predicted octanol–water partition coefficient (Wildman–Crippen LogP) is 4.15. The lowest BCUT2D eigenvalue weighted by molar-refractivity contribution is 0.622. The van der Waals surface area contributed by atoms with Gasteiger partial charge < -0.3 is 11.5 Å². The smallest absolute Gasteiger partial charge is 0.0301 e. The number of rotatable bonds is 4. The van der Waals surface area contributed by atoms with Crippen molar-refractivity contribution in [2.45, 2.75) is 18.9 Å². The minimum absolute atomic E-state index is 0. The topological polar surface area (TPSA) is 52.0 Å². The Balaban J connectivity index is 0.00000161. The summed E-state index contributed by atoms with van der Waals surface area (Å²) in [6.07, 6.45) is 1.89. The van der Waals surface area contributed by atoms with Crippen molar-refractivity contribution >= 4 is 34.0 Å². The van der Waals surface area contributed by atoms with E-state index in [1.807, 2.05) is 0 Å². The van der Waals surface area contributed by atoms with Gasteiger partial charge in [-0.3, -0.25) is 0 Å². The third kappa shape index (κ3) is 3.03. The molecule has 4 N–H and O–H groups in total. The van der Waals surface area contributed by atoms with E-state index in [4.69, 9.17) is 11.5 Å². The lowest BCUT2D eigenvalue weighted by atomic mass is 9.92. The van der Waals surface area contributed by atoms with Gasteiger partial charge in [0.15, 0.2) is 0 Å². The van der Waals surface area contributed by atoms with Crippen LogP contribution in [-0.4, -0.2) is 6.54 Å². The zero-order valence-electron chi connectivity index (χ0n) is 12.0. The van der Waals surface area contributed by atoms with Crippen LogP contribution in [-0.2, 0) is 0 Å². The molecule has 0 amide bonds. The molecule has 0 aliphatic carbocycles. The molecule has 3 aromatic carbocycles. The molecule has 0 heterocycles. The summed E-state index contributed by atoms with van der Waals surface area (Å²) in [5.74, 6) is 0. The summed E-state index contributed by atoms with van der Waals surface area (Å²) in [7, 11) is 0. The van der Waals surface area contributed by atoms with Crippen molar-refractivity contribution in [3.8, 4) is 0 Å². The fourth-order valence-electron chi connectivity index (χ4n) is 2.88. The van der Waals surface area contributed by atoms with Crippen LogP contribution in [0.15, 0.2) is 54.6 Å². The maximum absolute atomic E-state index is 6.38. The quantitative estimate of drug-likeness (QED) is 0.711. The van der Waals surface area contributed by atoms with Crippen molar-refractivity contribution in [2.24, 2.45) is 11.5 Å². The Hall–Kier alpha value is -1.61. The lowest BCUT2D eigenvalue weighted by Crippen LogP contribution is -2.13. The predicted molar refractivity (Wildman–Crippen MR) is 93.9 cm³/mol. The van der Waals surface area contributed by atoms with Crippen LogP contribution in [0, 0.1) is 0 Å². The van der Waals surface area contributed by atoms with E-state index in [1.54, 1.807) is 0 Å². The maximum Gasteiger partial charge on any atom is 0.0301 e. The molecule has 0 fully saturated rings. The molecule has 3 heteroatoms. The highest BCUT2D eigenvalue weighted by Crippen LogP contribution is 2.32. The SMILES string of the molecule is Cl.NCCC[C@H](N)c1cc2ccccc2c2ccccc12. The first-order chi connectivity index (χ1) is 9.81. The van der Waals surface area contributed by atoms with Crippen molar-refractivity contribution in [2.75, 3.05) is 6.54 Å². The highest BCUT2D eigenvalue weighted by Gasteiger charge is 2.12. The fourth-order valence-corrected chi connectivity index (χ4v) is 2.88. The van der Waals surface area contributed by atoms with Crippen LogP contribution < -0.4 is 11.5 Å². The van der Waals surface area contributed by atoms with Crippen LogP contribution in [0.1, 0.15) is 24.4 Å². The van der Waals surface area contributed by atoms with Crippen LogP contribution in [0.4, 0.5) is 0 Å². The highest BCUT2D eigenvalue weighted by molar-refractivity contribution is 6.09. The van der Waals surface area contributed by atoms with Crippen LogP contribution in [0.2, 0.25) is 0 Å². The molecule has 3 rings (SSSR count). The molecular weight excluding hydrogens is 280 g/mol. The standard InChI is InChI=1S/C18H20N2.ClH/c19-11-5-10-18(20)17-12-13-6-1-2-7-14(13)15-8-3-4-9-16(15)17;/h1-4,6-9,12,18H,5,10-11,19-20H2;1H/t18-;/m0./s1. The van der Waals surface area contributed by atoms with E-state index < -0.39 is 0 Å². The number of halogens is 1. The van der Waals surface area contributed by atoms with Gasteiger partial charge in [-0.2, -0.15) is 0 Å². The molecule has 0 saturated carbocycles. The second kappa shape index (κ2) is 6.90. The minimum Gasteiger partial charge on any atom is -0.330 e. The third-order valence-corrected chi connectivity index (χ3v) is 3.92. The Labute approximate surface area is 131 Å². The van der Waals surface area contributed by atoms with Crippen molar-refractivity contribution in [3.63, 3.8) is 0 Å². The molecule has 21 heavy (non-hydrogen) atoms. The molecule has 0 spiro atoms. The zero-order valence-corrected chi connectivity index (χ0v) is 12.8. The zero-order chi connectivity index (χ0) is 13.9. The van der Waals surface area contributed by atoms with Crippen LogP contribution in [0.5, 0.6) is 0 Å². The van der Waals surface area contributed by atoms with Crippen LogP contribution in [0.25, 0.3) is 21.5 Å². The molecule has 0 saturated heterocycles. The van der Waals surface area contributed by atoms with Crippen molar-refractivity contribution in [1.82, 2.24) is 0 Å². The largest absolute Gasteiger partial charge is 0.330 e. The molecule has 0 bridgehead atoms.